The number of carbonyl (C=O) groups is 1. The first-order valence-corrected chi connectivity index (χ1v) is 11.9. The molecule has 4 nitrogen and oxygen atoms in total. The lowest BCUT2D eigenvalue weighted by Gasteiger charge is -2.25. The third kappa shape index (κ3) is 3.73. The minimum absolute atomic E-state index is 0.0373. The van der Waals surface area contributed by atoms with E-state index in [9.17, 15) is 14.0 Å². The van der Waals surface area contributed by atoms with Crippen LogP contribution in [0.3, 0.4) is 0 Å². The first-order chi connectivity index (χ1) is 15.9. The lowest BCUT2D eigenvalue weighted by molar-refractivity contribution is 0.0714. The first kappa shape index (κ1) is 21.7. The van der Waals surface area contributed by atoms with E-state index in [4.69, 9.17) is 16.0 Å². The molecule has 5 rings (SSSR count). The second-order valence-corrected chi connectivity index (χ2v) is 9.29. The molecule has 0 fully saturated rings. The van der Waals surface area contributed by atoms with E-state index in [0.29, 0.717) is 21.6 Å². The molecule has 7 heteroatoms. The molecule has 0 bridgehead atoms. The number of carbonyl (C=O) groups excluding carboxylic acids is 1. The van der Waals surface area contributed by atoms with Crippen LogP contribution in [0, 0.1) is 12.7 Å². The molecule has 0 N–H and O–H groups in total. The molecule has 0 saturated carbocycles. The summed E-state index contributed by atoms with van der Waals surface area (Å²) in [6.45, 7) is 2.02. The molecule has 0 radical (unpaired) electrons. The van der Waals surface area contributed by atoms with E-state index in [0.717, 1.165) is 21.6 Å². The van der Waals surface area contributed by atoms with Crippen LogP contribution in [0.2, 0.25) is 5.02 Å². The number of rotatable bonds is 4. The van der Waals surface area contributed by atoms with Gasteiger partial charge in [-0.3, -0.25) is 9.59 Å². The summed E-state index contributed by atoms with van der Waals surface area (Å²) in [7, 11) is 0. The molecule has 3 aromatic carbocycles. The van der Waals surface area contributed by atoms with Gasteiger partial charge in [0.1, 0.15) is 11.4 Å². The van der Waals surface area contributed by atoms with Crippen LogP contribution in [-0.2, 0) is 6.54 Å². The molecule has 1 amide bonds. The van der Waals surface area contributed by atoms with E-state index in [2.05, 4.69) is 0 Å². The Morgan fingerprint density at radius 1 is 1.06 bits per heavy atom. The lowest BCUT2D eigenvalue weighted by atomic mass is 9.98. The zero-order chi connectivity index (χ0) is 23.3. The van der Waals surface area contributed by atoms with Gasteiger partial charge in [0.15, 0.2) is 5.43 Å². The SMILES string of the molecule is CSc1ccc(C2c3c(oc4cc(C)c(Cl)cc4c3=O)C(=O)N2Cc2ccc(F)cc2)cc1. The highest BCUT2D eigenvalue weighted by Gasteiger charge is 2.42. The van der Waals surface area contributed by atoms with E-state index in [-0.39, 0.29) is 29.5 Å². The van der Waals surface area contributed by atoms with Crippen molar-refractivity contribution in [3.05, 3.63) is 110 Å². The number of thioether (sulfide) groups is 1. The number of benzene rings is 3. The quantitative estimate of drug-likeness (QED) is 0.319. The van der Waals surface area contributed by atoms with Gasteiger partial charge >= 0.3 is 0 Å². The minimum Gasteiger partial charge on any atom is -0.450 e. The maximum absolute atomic E-state index is 13.6. The Balaban J connectivity index is 1.71. The summed E-state index contributed by atoms with van der Waals surface area (Å²) in [6, 6.07) is 16.4. The molecular formula is C26H19ClFNO3S. The van der Waals surface area contributed by atoms with Crippen molar-refractivity contribution < 1.29 is 13.6 Å². The summed E-state index contributed by atoms with van der Waals surface area (Å²) in [5.74, 6) is -0.690. The Labute approximate surface area is 199 Å². The van der Waals surface area contributed by atoms with Crippen LogP contribution in [0.25, 0.3) is 11.0 Å². The summed E-state index contributed by atoms with van der Waals surface area (Å²) in [4.78, 5) is 29.8. The van der Waals surface area contributed by atoms with E-state index in [1.807, 2.05) is 37.4 Å². The van der Waals surface area contributed by atoms with Crippen LogP contribution in [0.4, 0.5) is 4.39 Å². The fraction of sp³-hybridized carbons (Fsp3) is 0.154. The zero-order valence-corrected chi connectivity index (χ0v) is 19.5. The number of nitrogens with zero attached hydrogens (tertiary/aromatic N) is 1. The van der Waals surface area contributed by atoms with Gasteiger partial charge in [-0.1, -0.05) is 35.9 Å². The summed E-state index contributed by atoms with van der Waals surface area (Å²) < 4.78 is 19.4. The second-order valence-electron chi connectivity index (χ2n) is 8.01. The van der Waals surface area contributed by atoms with Crippen LogP contribution in [-0.4, -0.2) is 17.1 Å². The molecule has 1 aromatic heterocycles. The molecule has 0 saturated heterocycles. The molecule has 1 unspecified atom stereocenters. The molecule has 1 aliphatic rings. The average molecular weight is 480 g/mol. The normalized spacial score (nSPS) is 15.3. The van der Waals surface area contributed by atoms with Crippen LogP contribution >= 0.6 is 23.4 Å². The number of hydrogen-bond acceptors (Lipinski definition) is 4. The lowest BCUT2D eigenvalue weighted by Crippen LogP contribution is -2.29. The van der Waals surface area contributed by atoms with E-state index in [1.165, 1.54) is 12.1 Å². The minimum atomic E-state index is -0.630. The molecule has 1 atom stereocenters. The highest BCUT2D eigenvalue weighted by molar-refractivity contribution is 7.98. The Bertz CT molecular complexity index is 1450. The Hall–Kier alpha value is -3.09. The van der Waals surface area contributed by atoms with Crippen molar-refractivity contribution in [2.75, 3.05) is 6.26 Å². The summed E-state index contributed by atoms with van der Waals surface area (Å²) in [6.07, 6.45) is 1.98. The van der Waals surface area contributed by atoms with Crippen molar-refractivity contribution in [1.29, 1.82) is 0 Å². The fourth-order valence-electron chi connectivity index (χ4n) is 4.22. The monoisotopic (exact) mass is 479 g/mol. The molecule has 4 aromatic rings. The predicted octanol–water partition coefficient (Wildman–Crippen LogP) is 6.36. The van der Waals surface area contributed by atoms with Gasteiger partial charge in [-0.15, -0.1) is 11.8 Å². The van der Waals surface area contributed by atoms with Gasteiger partial charge in [0.2, 0.25) is 5.76 Å². The first-order valence-electron chi connectivity index (χ1n) is 10.3. The Morgan fingerprint density at radius 2 is 1.76 bits per heavy atom. The largest absolute Gasteiger partial charge is 0.450 e. The van der Waals surface area contributed by atoms with Crippen LogP contribution in [0.5, 0.6) is 0 Å². The highest BCUT2D eigenvalue weighted by atomic mass is 35.5. The molecule has 0 aliphatic carbocycles. The van der Waals surface area contributed by atoms with Crippen molar-refractivity contribution in [1.82, 2.24) is 4.90 Å². The van der Waals surface area contributed by atoms with Gasteiger partial charge in [-0.2, -0.15) is 0 Å². The number of amides is 1. The van der Waals surface area contributed by atoms with Crippen LogP contribution < -0.4 is 5.43 Å². The number of hydrogen-bond donors (Lipinski definition) is 0. The summed E-state index contributed by atoms with van der Waals surface area (Å²) >= 11 is 7.89. The topological polar surface area (TPSA) is 50.5 Å². The number of aryl methyl sites for hydroxylation is 1. The van der Waals surface area contributed by atoms with Crippen molar-refractivity contribution in [3.63, 3.8) is 0 Å². The van der Waals surface area contributed by atoms with Gasteiger partial charge in [0.05, 0.1) is 17.0 Å². The zero-order valence-electron chi connectivity index (χ0n) is 17.9. The molecule has 2 heterocycles. The smallest absolute Gasteiger partial charge is 0.291 e. The molecule has 166 valence electrons. The summed E-state index contributed by atoms with van der Waals surface area (Å²) in [5, 5.41) is 0.801. The van der Waals surface area contributed by atoms with Crippen molar-refractivity contribution in [3.8, 4) is 0 Å². The average Bonchev–Trinajstić information content (AvgIpc) is 3.08. The maximum Gasteiger partial charge on any atom is 0.291 e. The van der Waals surface area contributed by atoms with Crippen molar-refractivity contribution in [2.45, 2.75) is 24.4 Å². The molecule has 0 spiro atoms. The fourth-order valence-corrected chi connectivity index (χ4v) is 4.80. The van der Waals surface area contributed by atoms with Crippen molar-refractivity contribution >= 4 is 40.2 Å². The van der Waals surface area contributed by atoms with Gasteiger partial charge in [-0.05, 0) is 66.3 Å². The van der Waals surface area contributed by atoms with E-state index in [1.54, 1.807) is 40.9 Å². The summed E-state index contributed by atoms with van der Waals surface area (Å²) in [5.41, 5.74) is 2.65. The Kier molecular flexibility index (Phi) is 5.51. The third-order valence-electron chi connectivity index (χ3n) is 5.94. The predicted molar refractivity (Wildman–Crippen MR) is 129 cm³/mol. The van der Waals surface area contributed by atoms with Gasteiger partial charge in [0.25, 0.3) is 5.91 Å². The maximum atomic E-state index is 13.6. The van der Waals surface area contributed by atoms with Gasteiger partial charge in [0, 0.05) is 16.5 Å². The second kappa shape index (κ2) is 8.36. The van der Waals surface area contributed by atoms with Crippen LogP contribution in [0.15, 0.2) is 74.8 Å². The number of fused-ring (bicyclic) bond motifs is 2. The van der Waals surface area contributed by atoms with E-state index >= 15 is 0 Å². The molecule has 33 heavy (non-hydrogen) atoms. The van der Waals surface area contributed by atoms with Crippen molar-refractivity contribution in [2.24, 2.45) is 0 Å². The third-order valence-corrected chi connectivity index (χ3v) is 7.10. The highest BCUT2D eigenvalue weighted by Crippen LogP contribution is 2.40. The van der Waals surface area contributed by atoms with Gasteiger partial charge in [-0.25, -0.2) is 4.39 Å². The molecular weight excluding hydrogens is 461 g/mol. The Morgan fingerprint density at radius 3 is 2.42 bits per heavy atom. The van der Waals surface area contributed by atoms with Crippen LogP contribution in [0.1, 0.15) is 38.9 Å². The molecule has 1 aliphatic heterocycles. The number of halogens is 2. The van der Waals surface area contributed by atoms with E-state index < -0.39 is 6.04 Å². The standard InChI is InChI=1S/C26H19ClFNO3S/c1-14-11-21-19(12-20(14)27)24(30)22-23(16-5-9-18(33-2)10-6-16)29(26(31)25(22)32-21)13-15-3-7-17(28)8-4-15/h3-12,23H,13H2,1-2H3. The van der Waals surface area contributed by atoms with Gasteiger partial charge < -0.3 is 9.32 Å².